The van der Waals surface area contributed by atoms with Crippen molar-refractivity contribution in [2.45, 2.75) is 65.1 Å². The highest BCUT2D eigenvalue weighted by atomic mass is 16.6. The average molecular weight is 307 g/mol. The molecule has 0 spiro atoms. The molecule has 2 aliphatic rings. The molecular weight excluding hydrogens is 278 g/mol. The van der Waals surface area contributed by atoms with Crippen molar-refractivity contribution in [1.29, 1.82) is 0 Å². The molecule has 0 aromatic rings. The molecule has 0 aromatic heterocycles. The van der Waals surface area contributed by atoms with Crippen LogP contribution >= 0.6 is 0 Å². The number of ether oxygens (including phenoxy) is 2. The Hall–Kier alpha value is -1.29. The molecule has 1 amide bonds. The minimum Gasteiger partial charge on any atom is -0.415 e. The van der Waals surface area contributed by atoms with Crippen LogP contribution in [0.5, 0.6) is 0 Å². The number of hydrogen-bond donors (Lipinski definition) is 0. The zero-order valence-corrected chi connectivity index (χ0v) is 14.5. The van der Waals surface area contributed by atoms with Crippen molar-refractivity contribution in [2.75, 3.05) is 6.61 Å². The van der Waals surface area contributed by atoms with Gasteiger partial charge in [-0.2, -0.15) is 0 Å². The maximum Gasteiger partial charge on any atom is 0.417 e. The van der Waals surface area contributed by atoms with E-state index in [4.69, 9.17) is 9.47 Å². The molecule has 0 N–H and O–H groups in total. The van der Waals surface area contributed by atoms with Crippen LogP contribution in [0.2, 0.25) is 0 Å². The summed E-state index contributed by atoms with van der Waals surface area (Å²) >= 11 is 0. The quantitative estimate of drug-likeness (QED) is 0.570. The molecule has 1 heterocycles. The predicted molar refractivity (Wildman–Crippen MR) is 87.2 cm³/mol. The SMILES string of the molecule is C=C[C@H]1CCC[C@H]1/C=C(/C)OC(=O)N1C(C)(C)COC1(C)C. The van der Waals surface area contributed by atoms with E-state index in [0.717, 1.165) is 6.42 Å². The smallest absolute Gasteiger partial charge is 0.415 e. The van der Waals surface area contributed by atoms with Gasteiger partial charge in [-0.1, -0.05) is 12.5 Å². The van der Waals surface area contributed by atoms with E-state index in [2.05, 4.69) is 12.7 Å². The molecule has 2 fully saturated rings. The first kappa shape index (κ1) is 17.1. The zero-order chi connectivity index (χ0) is 16.5. The summed E-state index contributed by atoms with van der Waals surface area (Å²) < 4.78 is 11.3. The molecule has 0 aromatic carbocycles. The second-order valence-corrected chi connectivity index (χ2v) is 7.52. The maximum atomic E-state index is 12.6. The van der Waals surface area contributed by atoms with Gasteiger partial charge < -0.3 is 9.47 Å². The molecular formula is C18H29NO3. The highest BCUT2D eigenvalue weighted by molar-refractivity contribution is 5.71. The number of carbonyl (C=O) groups is 1. The highest BCUT2D eigenvalue weighted by Crippen LogP contribution is 2.36. The van der Waals surface area contributed by atoms with Crippen LogP contribution in [0.1, 0.15) is 53.9 Å². The minimum atomic E-state index is -0.641. The zero-order valence-electron chi connectivity index (χ0n) is 14.5. The second kappa shape index (κ2) is 6.07. The second-order valence-electron chi connectivity index (χ2n) is 7.52. The summed E-state index contributed by atoms with van der Waals surface area (Å²) in [6.45, 7) is 14.0. The van der Waals surface area contributed by atoms with Crippen LogP contribution in [-0.2, 0) is 9.47 Å². The number of carbonyl (C=O) groups excluding carboxylic acids is 1. The van der Waals surface area contributed by atoms with Crippen molar-refractivity contribution in [3.8, 4) is 0 Å². The molecule has 0 bridgehead atoms. The summed E-state index contributed by atoms with van der Waals surface area (Å²) in [5.74, 6) is 1.60. The Kier molecular flexibility index (Phi) is 4.71. The van der Waals surface area contributed by atoms with Crippen LogP contribution in [0.25, 0.3) is 0 Å². The van der Waals surface area contributed by atoms with Gasteiger partial charge in [0.05, 0.1) is 12.1 Å². The van der Waals surface area contributed by atoms with Crippen molar-refractivity contribution in [3.05, 3.63) is 24.5 Å². The molecule has 0 radical (unpaired) electrons. The normalized spacial score (nSPS) is 30.4. The number of nitrogens with zero attached hydrogens (tertiary/aromatic N) is 1. The van der Waals surface area contributed by atoms with Gasteiger partial charge in [0.2, 0.25) is 0 Å². The molecule has 1 aliphatic carbocycles. The Morgan fingerprint density at radius 3 is 2.45 bits per heavy atom. The van der Waals surface area contributed by atoms with E-state index in [9.17, 15) is 4.79 Å². The molecule has 4 nitrogen and oxygen atoms in total. The van der Waals surface area contributed by atoms with Gasteiger partial charge in [-0.05, 0) is 65.4 Å². The Labute approximate surface area is 134 Å². The van der Waals surface area contributed by atoms with E-state index in [0.29, 0.717) is 24.2 Å². The van der Waals surface area contributed by atoms with E-state index in [-0.39, 0.29) is 11.6 Å². The van der Waals surface area contributed by atoms with Crippen LogP contribution in [0.4, 0.5) is 4.79 Å². The van der Waals surface area contributed by atoms with Gasteiger partial charge in [0, 0.05) is 0 Å². The summed E-state index contributed by atoms with van der Waals surface area (Å²) in [5.41, 5.74) is -1.00. The number of allylic oxidation sites excluding steroid dienone is 3. The van der Waals surface area contributed by atoms with Crippen molar-refractivity contribution >= 4 is 6.09 Å². The molecule has 2 atom stereocenters. The Bertz CT molecular complexity index is 463. The largest absolute Gasteiger partial charge is 0.417 e. The summed E-state index contributed by atoms with van der Waals surface area (Å²) in [6, 6.07) is 0. The standard InChI is InChI=1S/C18H29NO3/c1-7-14-9-8-10-15(14)11-13(2)22-16(20)19-17(3,4)12-21-18(19,5)6/h7,11,14-15H,1,8-10,12H2,2-6H3/b13-11-/t14-,15-/m0/s1. The average Bonchev–Trinajstić information content (AvgIpc) is 2.91. The van der Waals surface area contributed by atoms with E-state index in [1.54, 1.807) is 4.90 Å². The fourth-order valence-electron chi connectivity index (χ4n) is 3.71. The first-order valence-electron chi connectivity index (χ1n) is 8.14. The topological polar surface area (TPSA) is 38.8 Å². The van der Waals surface area contributed by atoms with E-state index < -0.39 is 5.72 Å². The van der Waals surface area contributed by atoms with Crippen LogP contribution in [0, 0.1) is 11.8 Å². The van der Waals surface area contributed by atoms with Crippen LogP contribution < -0.4 is 0 Å². The molecule has 0 unspecified atom stereocenters. The Balaban J connectivity index is 2.06. The molecule has 1 saturated carbocycles. The van der Waals surface area contributed by atoms with Gasteiger partial charge in [0.15, 0.2) is 0 Å². The lowest BCUT2D eigenvalue weighted by Crippen LogP contribution is -2.52. The summed E-state index contributed by atoms with van der Waals surface area (Å²) in [7, 11) is 0. The Morgan fingerprint density at radius 1 is 1.27 bits per heavy atom. The van der Waals surface area contributed by atoms with Gasteiger partial charge in [-0.3, -0.25) is 4.90 Å². The lowest BCUT2D eigenvalue weighted by Gasteiger charge is -2.36. The van der Waals surface area contributed by atoms with Gasteiger partial charge >= 0.3 is 6.09 Å². The Morgan fingerprint density at radius 2 is 1.91 bits per heavy atom. The maximum absolute atomic E-state index is 12.6. The minimum absolute atomic E-state index is 0.339. The molecule has 2 rings (SSSR count). The van der Waals surface area contributed by atoms with Crippen LogP contribution in [0.15, 0.2) is 24.5 Å². The third kappa shape index (κ3) is 3.37. The number of amides is 1. The molecule has 1 saturated heterocycles. The summed E-state index contributed by atoms with van der Waals surface area (Å²) in [4.78, 5) is 14.3. The molecule has 124 valence electrons. The third-order valence-corrected chi connectivity index (χ3v) is 4.73. The highest BCUT2D eigenvalue weighted by Gasteiger charge is 2.49. The fourth-order valence-corrected chi connectivity index (χ4v) is 3.71. The third-order valence-electron chi connectivity index (χ3n) is 4.73. The van der Waals surface area contributed by atoms with Crippen molar-refractivity contribution in [1.82, 2.24) is 4.90 Å². The van der Waals surface area contributed by atoms with E-state index in [1.165, 1.54) is 12.8 Å². The fraction of sp³-hybridized carbons (Fsp3) is 0.722. The molecule has 4 heteroatoms. The van der Waals surface area contributed by atoms with Gasteiger partial charge in [-0.15, -0.1) is 6.58 Å². The summed E-state index contributed by atoms with van der Waals surface area (Å²) in [5, 5.41) is 0. The van der Waals surface area contributed by atoms with Crippen molar-refractivity contribution in [2.24, 2.45) is 11.8 Å². The van der Waals surface area contributed by atoms with Gasteiger partial charge in [0.25, 0.3) is 0 Å². The lowest BCUT2D eigenvalue weighted by atomic mass is 9.96. The first-order valence-corrected chi connectivity index (χ1v) is 8.14. The predicted octanol–water partition coefficient (Wildman–Crippen LogP) is 4.48. The van der Waals surface area contributed by atoms with Crippen LogP contribution in [-0.4, -0.2) is 28.9 Å². The monoisotopic (exact) mass is 307 g/mol. The van der Waals surface area contributed by atoms with E-state index >= 15 is 0 Å². The van der Waals surface area contributed by atoms with Crippen molar-refractivity contribution < 1.29 is 14.3 Å². The summed E-state index contributed by atoms with van der Waals surface area (Å²) in [6.07, 6.45) is 7.27. The van der Waals surface area contributed by atoms with Crippen LogP contribution in [0.3, 0.4) is 0 Å². The lowest BCUT2D eigenvalue weighted by molar-refractivity contribution is -0.0475. The number of hydrogen-bond acceptors (Lipinski definition) is 3. The van der Waals surface area contributed by atoms with Gasteiger partial charge in [-0.25, -0.2) is 4.79 Å². The molecule has 22 heavy (non-hydrogen) atoms. The first-order chi connectivity index (χ1) is 10.2. The van der Waals surface area contributed by atoms with Gasteiger partial charge in [0.1, 0.15) is 11.5 Å². The van der Waals surface area contributed by atoms with Crippen molar-refractivity contribution in [3.63, 3.8) is 0 Å². The number of rotatable bonds is 3. The van der Waals surface area contributed by atoms with E-state index in [1.807, 2.05) is 40.7 Å². The molecule has 1 aliphatic heterocycles.